The van der Waals surface area contributed by atoms with Crippen molar-refractivity contribution in [1.29, 1.82) is 0 Å². The van der Waals surface area contributed by atoms with Crippen LogP contribution in [0, 0.1) is 6.92 Å². The topological polar surface area (TPSA) is 115 Å². The third-order valence-electron chi connectivity index (χ3n) is 4.03. The van der Waals surface area contributed by atoms with E-state index < -0.39 is 11.2 Å². The number of H-pyrrole nitrogens is 1. The first kappa shape index (κ1) is 17.9. The molecule has 2 atom stereocenters. The molecule has 3 rings (SSSR count). The Kier molecular flexibility index (Phi) is 5.47. The van der Waals surface area contributed by atoms with Gasteiger partial charge >= 0.3 is 5.69 Å². The Labute approximate surface area is 149 Å². The van der Waals surface area contributed by atoms with Crippen LogP contribution in [-0.4, -0.2) is 45.8 Å². The molecule has 1 aliphatic heterocycles. The van der Waals surface area contributed by atoms with Gasteiger partial charge in [0.15, 0.2) is 0 Å². The first-order chi connectivity index (χ1) is 12.5. The summed E-state index contributed by atoms with van der Waals surface area (Å²) in [6, 6.07) is 4.60. The minimum absolute atomic E-state index is 0.189. The van der Waals surface area contributed by atoms with Crippen molar-refractivity contribution in [3.8, 4) is 5.75 Å². The fourth-order valence-electron chi connectivity index (χ4n) is 2.67. The molecule has 1 amide bonds. The van der Waals surface area contributed by atoms with E-state index in [9.17, 15) is 14.4 Å². The van der Waals surface area contributed by atoms with Crippen LogP contribution in [0.4, 0.5) is 0 Å². The monoisotopic (exact) mass is 360 g/mol. The highest BCUT2D eigenvalue weighted by atomic mass is 16.5. The van der Waals surface area contributed by atoms with E-state index in [0.717, 1.165) is 10.3 Å². The van der Waals surface area contributed by atoms with Crippen molar-refractivity contribution in [2.75, 3.05) is 13.2 Å². The summed E-state index contributed by atoms with van der Waals surface area (Å²) >= 11 is 0. The summed E-state index contributed by atoms with van der Waals surface area (Å²) in [5.41, 5.74) is -0.247. The number of carbonyl (C=O) groups is 1. The van der Waals surface area contributed by atoms with Gasteiger partial charge in [-0.1, -0.05) is 0 Å². The predicted octanol–water partition coefficient (Wildman–Crippen LogP) is -0.407. The Balaban J connectivity index is 1.63. The highest BCUT2D eigenvalue weighted by Crippen LogP contribution is 2.17. The Morgan fingerprint density at radius 1 is 1.42 bits per heavy atom. The van der Waals surface area contributed by atoms with Gasteiger partial charge in [0.2, 0.25) is 5.91 Å². The lowest BCUT2D eigenvalue weighted by Gasteiger charge is -2.32. The molecular formula is C17H20N4O5. The van der Waals surface area contributed by atoms with Crippen molar-refractivity contribution < 1.29 is 14.3 Å². The van der Waals surface area contributed by atoms with Gasteiger partial charge in [-0.3, -0.25) is 24.1 Å². The van der Waals surface area contributed by atoms with E-state index in [1.54, 1.807) is 6.20 Å². The van der Waals surface area contributed by atoms with E-state index in [1.165, 1.54) is 12.3 Å². The standard InChI is InChI=1S/C17H20N4O5/c1-11-2-3-12(8-18-11)26-14-10-25-7-5-13(14)19-16(23)9-21-6-4-15(22)20-17(21)24/h2-4,6,8,13-14H,5,7,9-10H2,1H3,(H,19,23)(H,20,22,24)/t13-,14+/m1/s1. The SMILES string of the molecule is Cc1ccc(O[C@H]2COCC[C@H]2NC(=O)Cn2ccc(=O)[nH]c2=O)cn1. The Morgan fingerprint density at radius 2 is 2.27 bits per heavy atom. The number of rotatable bonds is 5. The number of pyridine rings is 1. The van der Waals surface area contributed by atoms with Crippen molar-refractivity contribution >= 4 is 5.91 Å². The average Bonchev–Trinajstić information content (AvgIpc) is 2.61. The van der Waals surface area contributed by atoms with Crippen molar-refractivity contribution in [2.24, 2.45) is 0 Å². The molecule has 0 bridgehead atoms. The van der Waals surface area contributed by atoms with Gasteiger partial charge < -0.3 is 14.8 Å². The number of aromatic nitrogens is 3. The van der Waals surface area contributed by atoms with Crippen LogP contribution in [0.2, 0.25) is 0 Å². The number of nitrogens with zero attached hydrogens (tertiary/aromatic N) is 2. The number of amides is 1. The van der Waals surface area contributed by atoms with Crippen molar-refractivity contribution in [1.82, 2.24) is 19.9 Å². The molecule has 9 heteroatoms. The van der Waals surface area contributed by atoms with Crippen LogP contribution in [0.5, 0.6) is 5.75 Å². The number of ether oxygens (including phenoxy) is 2. The Hall–Kier alpha value is -2.94. The second kappa shape index (κ2) is 7.96. The second-order valence-corrected chi connectivity index (χ2v) is 6.07. The van der Waals surface area contributed by atoms with E-state index in [-0.39, 0.29) is 24.6 Å². The first-order valence-electron chi connectivity index (χ1n) is 8.27. The zero-order chi connectivity index (χ0) is 18.5. The molecular weight excluding hydrogens is 340 g/mol. The summed E-state index contributed by atoms with van der Waals surface area (Å²) in [6.45, 7) is 2.55. The van der Waals surface area contributed by atoms with Crippen molar-refractivity contribution in [3.63, 3.8) is 0 Å². The molecule has 3 heterocycles. The predicted molar refractivity (Wildman–Crippen MR) is 92.1 cm³/mol. The quantitative estimate of drug-likeness (QED) is 0.749. The molecule has 9 nitrogen and oxygen atoms in total. The summed E-state index contributed by atoms with van der Waals surface area (Å²) in [5.74, 6) is 0.254. The Bertz CT molecular complexity index is 874. The number of hydrogen-bond donors (Lipinski definition) is 2. The lowest BCUT2D eigenvalue weighted by molar-refractivity contribution is -0.124. The summed E-state index contributed by atoms with van der Waals surface area (Å²) in [4.78, 5) is 41.3. The van der Waals surface area contributed by atoms with Gasteiger partial charge in [-0.25, -0.2) is 4.79 Å². The third kappa shape index (κ3) is 4.57. The minimum atomic E-state index is -0.627. The van der Waals surface area contributed by atoms with Crippen LogP contribution in [0.3, 0.4) is 0 Å². The normalized spacial score (nSPS) is 19.7. The zero-order valence-electron chi connectivity index (χ0n) is 14.3. The maximum absolute atomic E-state index is 12.3. The molecule has 1 saturated heterocycles. The molecule has 0 aliphatic carbocycles. The number of nitrogens with one attached hydrogen (secondary N) is 2. The molecule has 0 spiro atoms. The molecule has 0 unspecified atom stereocenters. The molecule has 138 valence electrons. The number of hydrogen-bond acceptors (Lipinski definition) is 6. The molecule has 1 aliphatic rings. The summed E-state index contributed by atoms with van der Waals surface area (Å²) in [6.07, 6.45) is 3.15. The summed E-state index contributed by atoms with van der Waals surface area (Å²) < 4.78 is 12.5. The first-order valence-corrected chi connectivity index (χ1v) is 8.27. The molecule has 0 saturated carbocycles. The van der Waals surface area contributed by atoms with Crippen LogP contribution >= 0.6 is 0 Å². The smallest absolute Gasteiger partial charge is 0.328 e. The molecule has 0 aromatic carbocycles. The van der Waals surface area contributed by atoms with Gasteiger partial charge in [0, 0.05) is 24.6 Å². The van der Waals surface area contributed by atoms with E-state index in [2.05, 4.69) is 15.3 Å². The fraction of sp³-hybridized carbons (Fsp3) is 0.412. The van der Waals surface area contributed by atoms with E-state index in [4.69, 9.17) is 9.47 Å². The zero-order valence-corrected chi connectivity index (χ0v) is 14.3. The molecule has 1 fully saturated rings. The van der Waals surface area contributed by atoms with Gasteiger partial charge in [0.1, 0.15) is 18.4 Å². The number of aryl methyl sites for hydroxylation is 1. The number of aromatic amines is 1. The van der Waals surface area contributed by atoms with Crippen LogP contribution in [-0.2, 0) is 16.1 Å². The van der Waals surface area contributed by atoms with Gasteiger partial charge in [-0.05, 0) is 25.5 Å². The van der Waals surface area contributed by atoms with Crippen LogP contribution in [0.15, 0.2) is 40.2 Å². The molecule has 0 radical (unpaired) electrons. The minimum Gasteiger partial charge on any atom is -0.484 e. The van der Waals surface area contributed by atoms with E-state index in [0.29, 0.717) is 25.4 Å². The molecule has 2 aromatic heterocycles. The third-order valence-corrected chi connectivity index (χ3v) is 4.03. The second-order valence-electron chi connectivity index (χ2n) is 6.07. The average molecular weight is 360 g/mol. The molecule has 2 N–H and O–H groups in total. The lowest BCUT2D eigenvalue weighted by Crippen LogP contribution is -2.52. The number of carbonyl (C=O) groups excluding carboxylic acids is 1. The highest BCUT2D eigenvalue weighted by Gasteiger charge is 2.29. The maximum Gasteiger partial charge on any atom is 0.328 e. The fourth-order valence-corrected chi connectivity index (χ4v) is 2.67. The molecule has 2 aromatic rings. The van der Waals surface area contributed by atoms with Crippen LogP contribution in [0.25, 0.3) is 0 Å². The van der Waals surface area contributed by atoms with Gasteiger partial charge in [-0.2, -0.15) is 0 Å². The van der Waals surface area contributed by atoms with Crippen LogP contribution in [0.1, 0.15) is 12.1 Å². The van der Waals surface area contributed by atoms with Crippen LogP contribution < -0.4 is 21.3 Å². The van der Waals surface area contributed by atoms with E-state index in [1.807, 2.05) is 19.1 Å². The van der Waals surface area contributed by atoms with Crippen molar-refractivity contribution in [3.05, 3.63) is 57.1 Å². The highest BCUT2D eigenvalue weighted by molar-refractivity contribution is 5.76. The van der Waals surface area contributed by atoms with Gasteiger partial charge in [-0.15, -0.1) is 0 Å². The van der Waals surface area contributed by atoms with Gasteiger partial charge in [0.25, 0.3) is 5.56 Å². The summed E-state index contributed by atoms with van der Waals surface area (Å²) in [5, 5.41) is 2.87. The van der Waals surface area contributed by atoms with Gasteiger partial charge in [0.05, 0.1) is 18.8 Å². The largest absolute Gasteiger partial charge is 0.484 e. The van der Waals surface area contributed by atoms with E-state index >= 15 is 0 Å². The summed E-state index contributed by atoms with van der Waals surface area (Å²) in [7, 11) is 0. The van der Waals surface area contributed by atoms with Crippen molar-refractivity contribution in [2.45, 2.75) is 32.0 Å². The Morgan fingerprint density at radius 3 is 3.00 bits per heavy atom. The lowest BCUT2D eigenvalue weighted by atomic mass is 10.1. The molecule has 26 heavy (non-hydrogen) atoms. The maximum atomic E-state index is 12.3.